The lowest BCUT2D eigenvalue weighted by Gasteiger charge is -2.13. The van der Waals surface area contributed by atoms with Gasteiger partial charge in [0.2, 0.25) is 0 Å². The van der Waals surface area contributed by atoms with Gasteiger partial charge in [-0.25, -0.2) is 0 Å². The molecule has 4 heteroatoms. The lowest BCUT2D eigenvalue weighted by molar-refractivity contribution is 0.134. The molecule has 1 nitrogen and oxygen atoms in total. The number of hydrogen-bond donors (Lipinski definition) is 0. The van der Waals surface area contributed by atoms with E-state index in [1.807, 2.05) is 18.2 Å². The molecule has 0 saturated heterocycles. The van der Waals surface area contributed by atoms with Crippen molar-refractivity contribution in [1.82, 2.24) is 0 Å². The number of ether oxygens (including phenoxy) is 1. The highest BCUT2D eigenvalue weighted by molar-refractivity contribution is 9.10. The Morgan fingerprint density at radius 2 is 1.68 bits per heavy atom. The van der Waals surface area contributed by atoms with E-state index >= 15 is 0 Å². The molecule has 0 radical (unpaired) electrons. The smallest absolute Gasteiger partial charge is 0.0725 e. The third-order valence-electron chi connectivity index (χ3n) is 3.27. The van der Waals surface area contributed by atoms with Crippen LogP contribution in [0.1, 0.15) is 27.1 Å². The molecule has 0 N–H and O–H groups in total. The quantitative estimate of drug-likeness (QED) is 0.593. The molecule has 3 rings (SSSR count). The van der Waals surface area contributed by atoms with Gasteiger partial charge in [-0.2, -0.15) is 0 Å². The van der Waals surface area contributed by atoms with Crippen molar-refractivity contribution in [2.75, 3.05) is 0 Å². The molecule has 1 aliphatic heterocycles. The first-order valence-electron chi connectivity index (χ1n) is 5.93. The van der Waals surface area contributed by atoms with Crippen molar-refractivity contribution < 1.29 is 4.74 Å². The van der Waals surface area contributed by atoms with Gasteiger partial charge in [-0.15, -0.1) is 0 Å². The Morgan fingerprint density at radius 1 is 1.00 bits per heavy atom. The number of hydrogen-bond acceptors (Lipinski definition) is 1. The Bertz CT molecular complexity index is 628. The summed E-state index contributed by atoms with van der Waals surface area (Å²) in [5.74, 6) is 0. The molecule has 0 bridgehead atoms. The second kappa shape index (κ2) is 5.57. The molecule has 0 aromatic heterocycles. The molecular formula is C15H11Br2ClO. The van der Waals surface area contributed by atoms with E-state index < -0.39 is 0 Å². The molecule has 19 heavy (non-hydrogen) atoms. The Balaban J connectivity index is 1.94. The minimum Gasteiger partial charge on any atom is -0.372 e. The van der Waals surface area contributed by atoms with Crippen molar-refractivity contribution in [3.63, 3.8) is 0 Å². The Kier molecular flexibility index (Phi) is 3.99. The van der Waals surface area contributed by atoms with Crippen LogP contribution >= 0.6 is 43.5 Å². The van der Waals surface area contributed by atoms with E-state index in [9.17, 15) is 0 Å². The summed E-state index contributed by atoms with van der Waals surface area (Å²) in [6.07, 6.45) is 0. The van der Waals surface area contributed by atoms with Crippen molar-refractivity contribution in [3.05, 3.63) is 68.1 Å². The zero-order chi connectivity index (χ0) is 13.4. The highest BCUT2D eigenvalue weighted by Gasteiger charge is 2.16. The number of rotatable bonds is 2. The van der Waals surface area contributed by atoms with Gasteiger partial charge in [-0.05, 0) is 50.3 Å². The standard InChI is InChI=1S/C15H11Br2ClO/c16-13-6-10(3-4-14(13)18)15(17)9-1-2-11-7-19-8-12(11)5-9/h1-6,15H,7-8H2. The molecule has 98 valence electrons. The molecule has 0 amide bonds. The van der Waals surface area contributed by atoms with E-state index in [0.29, 0.717) is 6.61 Å². The Hall–Kier alpha value is -0.350. The summed E-state index contributed by atoms with van der Waals surface area (Å²) in [4.78, 5) is 0.159. The first-order chi connectivity index (χ1) is 9.15. The SMILES string of the molecule is Clc1ccc(C(Br)c2ccc3c(c2)COC3)cc1Br. The third-order valence-corrected chi connectivity index (χ3v) is 5.55. The van der Waals surface area contributed by atoms with E-state index in [1.165, 1.54) is 22.3 Å². The molecule has 2 aromatic rings. The topological polar surface area (TPSA) is 9.23 Å². The van der Waals surface area contributed by atoms with Gasteiger partial charge in [-0.3, -0.25) is 0 Å². The van der Waals surface area contributed by atoms with Crippen LogP contribution in [0.4, 0.5) is 0 Å². The lowest BCUT2D eigenvalue weighted by Crippen LogP contribution is -1.95. The molecular weight excluding hydrogens is 391 g/mol. The summed E-state index contributed by atoms with van der Waals surface area (Å²) in [6, 6.07) is 12.5. The average Bonchev–Trinajstić information content (AvgIpc) is 2.88. The molecule has 1 heterocycles. The fourth-order valence-corrected chi connectivity index (χ4v) is 3.30. The van der Waals surface area contributed by atoms with E-state index in [4.69, 9.17) is 16.3 Å². The van der Waals surface area contributed by atoms with E-state index in [-0.39, 0.29) is 4.83 Å². The highest BCUT2D eigenvalue weighted by Crippen LogP contribution is 2.36. The van der Waals surface area contributed by atoms with Crippen molar-refractivity contribution >= 4 is 43.5 Å². The van der Waals surface area contributed by atoms with Crippen LogP contribution in [0.3, 0.4) is 0 Å². The predicted molar refractivity (Wildman–Crippen MR) is 84.9 cm³/mol. The monoisotopic (exact) mass is 400 g/mol. The van der Waals surface area contributed by atoms with Gasteiger partial charge >= 0.3 is 0 Å². The fourth-order valence-electron chi connectivity index (χ4n) is 2.21. The van der Waals surface area contributed by atoms with Gasteiger partial charge in [0.1, 0.15) is 0 Å². The van der Waals surface area contributed by atoms with Crippen LogP contribution in [0.15, 0.2) is 40.9 Å². The molecule has 0 fully saturated rings. The summed E-state index contributed by atoms with van der Waals surface area (Å²) in [5.41, 5.74) is 4.99. The van der Waals surface area contributed by atoms with Crippen LogP contribution in [-0.4, -0.2) is 0 Å². The van der Waals surface area contributed by atoms with Gasteiger partial charge in [0.25, 0.3) is 0 Å². The number of fused-ring (bicyclic) bond motifs is 1. The summed E-state index contributed by atoms with van der Waals surface area (Å²) < 4.78 is 6.37. The maximum atomic E-state index is 6.03. The second-order valence-corrected chi connectivity index (χ2v) is 6.73. The Morgan fingerprint density at radius 3 is 2.47 bits per heavy atom. The molecule has 0 spiro atoms. The van der Waals surface area contributed by atoms with Crippen LogP contribution in [0.25, 0.3) is 0 Å². The number of alkyl halides is 1. The summed E-state index contributed by atoms with van der Waals surface area (Å²) in [5, 5.41) is 0.728. The lowest BCUT2D eigenvalue weighted by atomic mass is 10.0. The number of halogens is 3. The van der Waals surface area contributed by atoms with E-state index in [0.717, 1.165) is 16.1 Å². The van der Waals surface area contributed by atoms with Crippen LogP contribution in [-0.2, 0) is 18.0 Å². The average molecular weight is 403 g/mol. The maximum absolute atomic E-state index is 6.03. The van der Waals surface area contributed by atoms with Crippen molar-refractivity contribution in [2.24, 2.45) is 0 Å². The van der Waals surface area contributed by atoms with Gasteiger partial charge < -0.3 is 4.74 Å². The molecule has 2 aromatic carbocycles. The van der Waals surface area contributed by atoms with Crippen molar-refractivity contribution in [3.8, 4) is 0 Å². The van der Waals surface area contributed by atoms with Crippen LogP contribution in [0, 0.1) is 0 Å². The maximum Gasteiger partial charge on any atom is 0.0725 e. The number of benzene rings is 2. The molecule has 0 aliphatic carbocycles. The minimum absolute atomic E-state index is 0.159. The largest absolute Gasteiger partial charge is 0.372 e. The minimum atomic E-state index is 0.159. The van der Waals surface area contributed by atoms with E-state index in [2.05, 4.69) is 50.1 Å². The molecule has 0 saturated carbocycles. The first kappa shape index (κ1) is 13.6. The van der Waals surface area contributed by atoms with Crippen molar-refractivity contribution in [1.29, 1.82) is 0 Å². The van der Waals surface area contributed by atoms with Crippen LogP contribution in [0.5, 0.6) is 0 Å². The third kappa shape index (κ3) is 2.75. The molecule has 1 atom stereocenters. The van der Waals surface area contributed by atoms with E-state index in [1.54, 1.807) is 0 Å². The zero-order valence-corrected chi connectivity index (χ0v) is 13.9. The summed E-state index contributed by atoms with van der Waals surface area (Å²) >= 11 is 13.2. The highest BCUT2D eigenvalue weighted by atomic mass is 79.9. The Labute approximate surface area is 134 Å². The van der Waals surface area contributed by atoms with Gasteiger partial charge in [0.05, 0.1) is 23.1 Å². The fraction of sp³-hybridized carbons (Fsp3) is 0.200. The zero-order valence-electron chi connectivity index (χ0n) is 10.00. The predicted octanol–water partition coefficient (Wildman–Crippen LogP) is 5.62. The summed E-state index contributed by atoms with van der Waals surface area (Å²) in [6.45, 7) is 1.45. The van der Waals surface area contributed by atoms with Gasteiger partial charge in [-0.1, -0.05) is 51.8 Å². The van der Waals surface area contributed by atoms with Crippen molar-refractivity contribution in [2.45, 2.75) is 18.0 Å². The first-order valence-corrected chi connectivity index (χ1v) is 8.02. The van der Waals surface area contributed by atoms with Gasteiger partial charge in [0.15, 0.2) is 0 Å². The second-order valence-electron chi connectivity index (χ2n) is 4.56. The molecule has 1 unspecified atom stereocenters. The van der Waals surface area contributed by atoms with Crippen LogP contribution in [0.2, 0.25) is 5.02 Å². The molecule has 1 aliphatic rings. The summed E-state index contributed by atoms with van der Waals surface area (Å²) in [7, 11) is 0. The van der Waals surface area contributed by atoms with Gasteiger partial charge in [0, 0.05) is 4.47 Å². The van der Waals surface area contributed by atoms with Crippen LogP contribution < -0.4 is 0 Å². The normalized spacial score (nSPS) is 15.3.